The van der Waals surface area contributed by atoms with Crippen LogP contribution in [0.4, 0.5) is 5.82 Å². The lowest BCUT2D eigenvalue weighted by Gasteiger charge is -2.33. The number of fused-ring (bicyclic) bond motifs is 1. The first-order valence-corrected chi connectivity index (χ1v) is 7.84. The second-order valence-corrected chi connectivity index (χ2v) is 6.53. The van der Waals surface area contributed by atoms with Gasteiger partial charge >= 0.3 is 0 Å². The highest BCUT2D eigenvalue weighted by Crippen LogP contribution is 2.26. The van der Waals surface area contributed by atoms with Crippen LogP contribution < -0.4 is 10.6 Å². The second kappa shape index (κ2) is 9.03. The number of pyridine rings is 1. The molecule has 124 valence electrons. The lowest BCUT2D eigenvalue weighted by molar-refractivity contribution is -0.117. The molecule has 5 nitrogen and oxygen atoms in total. The lowest BCUT2D eigenvalue weighted by atomic mass is 9.89. The summed E-state index contributed by atoms with van der Waals surface area (Å²) in [5, 5.41) is 6.29. The van der Waals surface area contributed by atoms with E-state index >= 15 is 0 Å². The number of halogens is 3. The van der Waals surface area contributed by atoms with Crippen molar-refractivity contribution in [3.8, 4) is 0 Å². The molecule has 22 heavy (non-hydrogen) atoms. The summed E-state index contributed by atoms with van der Waals surface area (Å²) in [5.41, 5.74) is 0. The van der Waals surface area contributed by atoms with E-state index in [2.05, 4.69) is 36.4 Å². The third-order valence-corrected chi connectivity index (χ3v) is 4.62. The Morgan fingerprint density at radius 3 is 2.86 bits per heavy atom. The van der Waals surface area contributed by atoms with Crippen LogP contribution in [0.2, 0.25) is 0 Å². The molecule has 2 N–H and O–H groups in total. The minimum atomic E-state index is 0. The third kappa shape index (κ3) is 5.06. The molecule has 3 heterocycles. The van der Waals surface area contributed by atoms with Crippen molar-refractivity contribution in [3.63, 3.8) is 0 Å². The van der Waals surface area contributed by atoms with E-state index in [-0.39, 0.29) is 30.7 Å². The highest BCUT2D eigenvalue weighted by Gasteiger charge is 2.33. The molecule has 2 atom stereocenters. The van der Waals surface area contributed by atoms with Crippen molar-refractivity contribution in [2.75, 3.05) is 38.0 Å². The average Bonchev–Trinajstić information content (AvgIpc) is 2.89. The summed E-state index contributed by atoms with van der Waals surface area (Å²) in [6.45, 7) is 4.74. The van der Waals surface area contributed by atoms with Crippen LogP contribution in [0.15, 0.2) is 22.8 Å². The summed E-state index contributed by atoms with van der Waals surface area (Å²) < 4.78 is 0.909. The topological polar surface area (TPSA) is 57.3 Å². The van der Waals surface area contributed by atoms with Gasteiger partial charge in [0.2, 0.25) is 5.91 Å². The van der Waals surface area contributed by atoms with Gasteiger partial charge < -0.3 is 10.6 Å². The molecule has 0 aliphatic carbocycles. The molecule has 1 amide bonds. The maximum Gasteiger partial charge on any atom is 0.239 e. The Balaban J connectivity index is 0.00000121. The zero-order valence-corrected chi connectivity index (χ0v) is 15.3. The molecule has 0 radical (unpaired) electrons. The third-order valence-electron chi connectivity index (χ3n) is 4.15. The second-order valence-electron chi connectivity index (χ2n) is 5.61. The van der Waals surface area contributed by atoms with Gasteiger partial charge in [0.25, 0.3) is 0 Å². The number of nitrogens with zero attached hydrogens (tertiary/aromatic N) is 2. The molecule has 0 bridgehead atoms. The van der Waals surface area contributed by atoms with Crippen LogP contribution in [-0.4, -0.2) is 48.5 Å². The standard InChI is InChI=1S/C14H19BrN4O.2ClH/c15-12-1-2-13(17-7-12)18-14(20)9-19-4-3-10-5-16-6-11(10)8-19;;/h1-2,7,10-11,16H,3-6,8-9H2,(H,17,18,20);2*1H. The molecule has 2 unspecified atom stereocenters. The fourth-order valence-electron chi connectivity index (χ4n) is 3.09. The van der Waals surface area contributed by atoms with Crippen molar-refractivity contribution in [2.45, 2.75) is 6.42 Å². The van der Waals surface area contributed by atoms with E-state index in [1.807, 2.05) is 6.07 Å². The predicted octanol–water partition coefficient (Wildman–Crippen LogP) is 2.17. The first kappa shape index (κ1) is 19.6. The summed E-state index contributed by atoms with van der Waals surface area (Å²) >= 11 is 3.33. The summed E-state index contributed by atoms with van der Waals surface area (Å²) in [7, 11) is 0. The number of anilines is 1. The Bertz CT molecular complexity index is 488. The summed E-state index contributed by atoms with van der Waals surface area (Å²) in [6.07, 6.45) is 2.88. The van der Waals surface area contributed by atoms with Gasteiger partial charge in [-0.05, 0) is 66.0 Å². The maximum absolute atomic E-state index is 12.0. The number of hydrogen-bond donors (Lipinski definition) is 2. The minimum Gasteiger partial charge on any atom is -0.316 e. The van der Waals surface area contributed by atoms with Crippen LogP contribution in [0.5, 0.6) is 0 Å². The monoisotopic (exact) mass is 410 g/mol. The van der Waals surface area contributed by atoms with Crippen LogP contribution in [0.3, 0.4) is 0 Å². The number of likely N-dealkylation sites (tertiary alicyclic amines) is 1. The molecular formula is C14H21BrCl2N4O. The van der Waals surface area contributed by atoms with E-state index in [9.17, 15) is 4.79 Å². The fraction of sp³-hybridized carbons (Fsp3) is 0.571. The van der Waals surface area contributed by atoms with Gasteiger partial charge in [-0.15, -0.1) is 24.8 Å². The van der Waals surface area contributed by atoms with Gasteiger partial charge in [-0.1, -0.05) is 0 Å². The van der Waals surface area contributed by atoms with Crippen LogP contribution in [-0.2, 0) is 4.79 Å². The van der Waals surface area contributed by atoms with Gasteiger partial charge in [0.1, 0.15) is 5.82 Å². The molecule has 0 saturated carbocycles. The molecule has 0 aromatic carbocycles. The van der Waals surface area contributed by atoms with E-state index < -0.39 is 0 Å². The van der Waals surface area contributed by atoms with Crippen LogP contribution in [0.25, 0.3) is 0 Å². The normalized spacial score (nSPS) is 23.9. The smallest absolute Gasteiger partial charge is 0.239 e. The van der Waals surface area contributed by atoms with Gasteiger partial charge in [-0.2, -0.15) is 0 Å². The molecule has 2 aliphatic rings. The van der Waals surface area contributed by atoms with E-state index in [1.54, 1.807) is 12.3 Å². The molecule has 1 aromatic heterocycles. The summed E-state index contributed by atoms with van der Waals surface area (Å²) in [5.74, 6) is 2.14. The fourth-order valence-corrected chi connectivity index (χ4v) is 3.32. The Morgan fingerprint density at radius 2 is 2.14 bits per heavy atom. The number of piperidine rings is 1. The first-order valence-electron chi connectivity index (χ1n) is 7.05. The van der Waals surface area contributed by atoms with Crippen LogP contribution in [0, 0.1) is 11.8 Å². The van der Waals surface area contributed by atoms with Gasteiger partial charge in [-0.25, -0.2) is 4.98 Å². The van der Waals surface area contributed by atoms with Crippen molar-refractivity contribution in [2.24, 2.45) is 11.8 Å². The maximum atomic E-state index is 12.0. The molecule has 3 rings (SSSR count). The van der Waals surface area contributed by atoms with Crippen LogP contribution in [0.1, 0.15) is 6.42 Å². The predicted molar refractivity (Wildman–Crippen MR) is 96.0 cm³/mol. The molecule has 8 heteroatoms. The summed E-state index contributed by atoms with van der Waals surface area (Å²) in [6, 6.07) is 3.67. The van der Waals surface area contributed by atoms with Gasteiger partial charge in [0.15, 0.2) is 0 Å². The SMILES string of the molecule is Cl.Cl.O=C(CN1CCC2CNCC2C1)Nc1ccc(Br)cn1. The molecule has 2 aliphatic heterocycles. The van der Waals surface area contributed by atoms with Crippen molar-refractivity contribution in [1.29, 1.82) is 0 Å². The zero-order valence-electron chi connectivity index (χ0n) is 12.1. The number of aromatic nitrogens is 1. The molecule has 2 saturated heterocycles. The van der Waals surface area contributed by atoms with Gasteiger partial charge in [0.05, 0.1) is 6.54 Å². The minimum absolute atomic E-state index is 0. The summed E-state index contributed by atoms with van der Waals surface area (Å²) in [4.78, 5) is 18.4. The zero-order chi connectivity index (χ0) is 13.9. The van der Waals surface area contributed by atoms with Gasteiger partial charge in [-0.3, -0.25) is 9.69 Å². The van der Waals surface area contributed by atoms with Crippen molar-refractivity contribution in [3.05, 3.63) is 22.8 Å². The Hall–Kier alpha value is -0.400. The number of nitrogens with one attached hydrogen (secondary N) is 2. The molecular weight excluding hydrogens is 391 g/mol. The van der Waals surface area contributed by atoms with Gasteiger partial charge in [0, 0.05) is 17.2 Å². The van der Waals surface area contributed by atoms with E-state index in [0.717, 1.165) is 36.6 Å². The van der Waals surface area contributed by atoms with E-state index in [4.69, 9.17) is 0 Å². The Labute approximate surface area is 151 Å². The average molecular weight is 412 g/mol. The highest BCUT2D eigenvalue weighted by molar-refractivity contribution is 9.10. The number of carbonyl (C=O) groups excluding carboxylic acids is 1. The van der Waals surface area contributed by atoms with E-state index in [0.29, 0.717) is 18.3 Å². The number of rotatable bonds is 3. The van der Waals surface area contributed by atoms with E-state index in [1.165, 1.54) is 6.42 Å². The molecule has 2 fully saturated rings. The Kier molecular flexibility index (Phi) is 8.07. The molecule has 0 spiro atoms. The largest absolute Gasteiger partial charge is 0.316 e. The lowest BCUT2D eigenvalue weighted by Crippen LogP contribution is -2.43. The highest BCUT2D eigenvalue weighted by atomic mass is 79.9. The molecule has 1 aromatic rings. The van der Waals surface area contributed by atoms with Crippen molar-refractivity contribution < 1.29 is 4.79 Å². The quantitative estimate of drug-likeness (QED) is 0.800. The number of carbonyl (C=O) groups is 1. The number of amides is 1. The first-order chi connectivity index (χ1) is 9.70. The van der Waals surface area contributed by atoms with Crippen molar-refractivity contribution >= 4 is 52.5 Å². The van der Waals surface area contributed by atoms with Crippen LogP contribution >= 0.6 is 40.7 Å². The Morgan fingerprint density at radius 1 is 1.36 bits per heavy atom. The number of hydrogen-bond acceptors (Lipinski definition) is 4. The van der Waals surface area contributed by atoms with Crippen molar-refractivity contribution in [1.82, 2.24) is 15.2 Å².